The molecule has 0 saturated carbocycles. The number of hydrogen-bond donors (Lipinski definition) is 1. The summed E-state index contributed by atoms with van der Waals surface area (Å²) >= 11 is 0. The first-order valence-corrected chi connectivity index (χ1v) is 19.0. The van der Waals surface area contributed by atoms with Gasteiger partial charge in [-0.3, -0.25) is 0 Å². The van der Waals surface area contributed by atoms with E-state index in [1.165, 1.54) is 43.7 Å². The molecule has 264 valence electrons. The van der Waals surface area contributed by atoms with E-state index in [9.17, 15) is 0 Å². The van der Waals surface area contributed by atoms with E-state index in [0.29, 0.717) is 5.84 Å². The second kappa shape index (κ2) is 13.1. The van der Waals surface area contributed by atoms with Crippen LogP contribution in [0.15, 0.2) is 210 Å². The summed E-state index contributed by atoms with van der Waals surface area (Å²) < 4.78 is 4.70. The lowest BCUT2D eigenvalue weighted by molar-refractivity contribution is 0.516. The molecule has 5 heteroatoms. The number of fused-ring (bicyclic) bond motifs is 6. The van der Waals surface area contributed by atoms with Crippen LogP contribution in [0.1, 0.15) is 17.4 Å². The highest BCUT2D eigenvalue weighted by atomic mass is 15.3. The number of rotatable bonds is 6. The minimum atomic E-state index is -0.417. The van der Waals surface area contributed by atoms with E-state index in [1.54, 1.807) is 0 Å². The Bertz CT molecular complexity index is 3140. The Labute approximate surface area is 324 Å². The molecule has 0 aliphatic carbocycles. The maximum absolute atomic E-state index is 5.26. The number of para-hydroxylation sites is 3. The first-order chi connectivity index (χ1) is 27.8. The Morgan fingerprint density at radius 3 is 1.52 bits per heavy atom. The van der Waals surface area contributed by atoms with Crippen LogP contribution in [0.2, 0.25) is 0 Å². The summed E-state index contributed by atoms with van der Waals surface area (Å²) in [4.78, 5) is 10.3. The molecular weight excluding hydrogens is 683 g/mol. The van der Waals surface area contributed by atoms with Crippen LogP contribution in [0.3, 0.4) is 0 Å². The van der Waals surface area contributed by atoms with Crippen molar-refractivity contribution in [2.75, 3.05) is 0 Å². The van der Waals surface area contributed by atoms with E-state index >= 15 is 0 Å². The third-order valence-electron chi connectivity index (χ3n) is 11.0. The van der Waals surface area contributed by atoms with E-state index in [4.69, 9.17) is 9.98 Å². The quantitative estimate of drug-likeness (QED) is 0.183. The van der Waals surface area contributed by atoms with Gasteiger partial charge in [-0.05, 0) is 58.7 Å². The predicted molar refractivity (Wildman–Crippen MR) is 233 cm³/mol. The second-order valence-electron chi connectivity index (χ2n) is 14.3. The molecular formula is C51H35N5. The molecule has 8 aromatic carbocycles. The van der Waals surface area contributed by atoms with Gasteiger partial charge in [0.25, 0.3) is 0 Å². The average molecular weight is 718 g/mol. The van der Waals surface area contributed by atoms with Crippen molar-refractivity contribution in [1.29, 1.82) is 0 Å². The molecule has 2 aromatic heterocycles. The van der Waals surface area contributed by atoms with Crippen molar-refractivity contribution < 1.29 is 0 Å². The Kier molecular flexibility index (Phi) is 7.49. The van der Waals surface area contributed by atoms with Crippen molar-refractivity contribution in [3.8, 4) is 27.9 Å². The Morgan fingerprint density at radius 1 is 0.375 bits per heavy atom. The van der Waals surface area contributed by atoms with Gasteiger partial charge in [0.15, 0.2) is 5.84 Å². The van der Waals surface area contributed by atoms with Crippen molar-refractivity contribution in [1.82, 2.24) is 14.5 Å². The van der Waals surface area contributed by atoms with E-state index < -0.39 is 6.29 Å². The smallest absolute Gasteiger partial charge is 0.204 e. The van der Waals surface area contributed by atoms with E-state index in [0.717, 1.165) is 44.8 Å². The van der Waals surface area contributed by atoms with Gasteiger partial charge in [-0.25, -0.2) is 9.98 Å². The first kappa shape index (κ1) is 32.0. The summed E-state index contributed by atoms with van der Waals surface area (Å²) in [5.41, 5.74) is 12.5. The molecule has 0 fully saturated rings. The standard InChI is InChI=1S/C51H35N5/c1-4-14-36(15-5-1)49-52-50(37-16-6-2-7-17-37)54-51(53-49)56-46-23-13-11-21-42(46)44-31-29-39(33-48(44)56)35-26-24-34(25-27-35)38-28-30-43-41-20-10-12-22-45(41)55(47(43)32-38)40-18-8-3-9-19-40/h1-33,51H,(H,52,53,54). The van der Waals surface area contributed by atoms with E-state index in [-0.39, 0.29) is 0 Å². The molecule has 1 unspecified atom stereocenters. The Balaban J connectivity index is 1.01. The number of amidine groups is 2. The molecule has 10 aromatic rings. The molecule has 0 radical (unpaired) electrons. The number of nitrogens with one attached hydrogen (secondary N) is 1. The monoisotopic (exact) mass is 717 g/mol. The average Bonchev–Trinajstić information content (AvgIpc) is 3.79. The Morgan fingerprint density at radius 2 is 0.857 bits per heavy atom. The minimum absolute atomic E-state index is 0.417. The van der Waals surface area contributed by atoms with Gasteiger partial charge in [-0.1, -0.05) is 164 Å². The fourth-order valence-corrected chi connectivity index (χ4v) is 8.33. The normalized spacial score (nSPS) is 14.2. The van der Waals surface area contributed by atoms with Crippen molar-refractivity contribution in [3.63, 3.8) is 0 Å². The van der Waals surface area contributed by atoms with Gasteiger partial charge < -0.3 is 14.5 Å². The number of aromatic nitrogens is 2. The lowest BCUT2D eigenvalue weighted by Crippen LogP contribution is -2.36. The molecule has 56 heavy (non-hydrogen) atoms. The summed E-state index contributed by atoms with van der Waals surface area (Å²) in [7, 11) is 0. The zero-order valence-corrected chi connectivity index (χ0v) is 30.4. The van der Waals surface area contributed by atoms with Gasteiger partial charge in [-0.15, -0.1) is 0 Å². The highest BCUT2D eigenvalue weighted by Crippen LogP contribution is 2.38. The fraction of sp³-hybridized carbons (Fsp3) is 0.0196. The first-order valence-electron chi connectivity index (χ1n) is 19.0. The number of hydrogen-bond acceptors (Lipinski definition) is 3. The lowest BCUT2D eigenvalue weighted by Gasteiger charge is -2.26. The van der Waals surface area contributed by atoms with Crippen LogP contribution in [-0.4, -0.2) is 20.8 Å². The Hall–Kier alpha value is -7.50. The van der Waals surface area contributed by atoms with Crippen LogP contribution >= 0.6 is 0 Å². The molecule has 5 nitrogen and oxygen atoms in total. The summed E-state index contributed by atoms with van der Waals surface area (Å²) in [6.07, 6.45) is -0.417. The highest BCUT2D eigenvalue weighted by Gasteiger charge is 2.24. The van der Waals surface area contributed by atoms with Crippen molar-refractivity contribution in [2.45, 2.75) is 6.29 Å². The molecule has 1 N–H and O–H groups in total. The zero-order valence-electron chi connectivity index (χ0n) is 30.4. The third kappa shape index (κ3) is 5.32. The van der Waals surface area contributed by atoms with Gasteiger partial charge in [-0.2, -0.15) is 0 Å². The third-order valence-corrected chi connectivity index (χ3v) is 11.0. The largest absolute Gasteiger partial charge is 0.331 e. The highest BCUT2D eigenvalue weighted by molar-refractivity contribution is 6.14. The zero-order chi connectivity index (χ0) is 37.0. The predicted octanol–water partition coefficient (Wildman–Crippen LogP) is 12.2. The van der Waals surface area contributed by atoms with Crippen molar-refractivity contribution in [2.24, 2.45) is 9.98 Å². The fourth-order valence-electron chi connectivity index (χ4n) is 8.33. The summed E-state index contributed by atoms with van der Waals surface area (Å²) in [6.45, 7) is 0. The van der Waals surface area contributed by atoms with Crippen LogP contribution in [0.25, 0.3) is 71.6 Å². The summed E-state index contributed by atoms with van der Waals surface area (Å²) in [6, 6.07) is 71.1. The minimum Gasteiger partial charge on any atom is -0.331 e. The molecule has 1 aliphatic rings. The van der Waals surface area contributed by atoms with Crippen LogP contribution in [-0.2, 0) is 0 Å². The maximum atomic E-state index is 5.26. The van der Waals surface area contributed by atoms with Gasteiger partial charge in [0, 0.05) is 38.4 Å². The van der Waals surface area contributed by atoms with Gasteiger partial charge >= 0.3 is 0 Å². The molecule has 0 bridgehead atoms. The number of nitrogens with zero attached hydrogens (tertiary/aromatic N) is 4. The molecule has 0 spiro atoms. The molecule has 11 rings (SSSR count). The van der Waals surface area contributed by atoms with Crippen molar-refractivity contribution in [3.05, 3.63) is 211 Å². The van der Waals surface area contributed by atoms with Gasteiger partial charge in [0.1, 0.15) is 5.84 Å². The van der Waals surface area contributed by atoms with E-state index in [2.05, 4.69) is 178 Å². The van der Waals surface area contributed by atoms with Gasteiger partial charge in [0.2, 0.25) is 6.29 Å². The number of aliphatic imine (C=N–C) groups is 2. The summed E-state index contributed by atoms with van der Waals surface area (Å²) in [5.74, 6) is 1.50. The molecule has 0 amide bonds. The molecule has 1 atom stereocenters. The molecule has 3 heterocycles. The van der Waals surface area contributed by atoms with E-state index in [1.807, 2.05) is 36.4 Å². The van der Waals surface area contributed by atoms with Crippen LogP contribution in [0, 0.1) is 0 Å². The maximum Gasteiger partial charge on any atom is 0.204 e. The molecule has 1 aliphatic heterocycles. The number of benzene rings is 8. The SMILES string of the molecule is c1ccc(C2=NC(n3c4ccccc4c4ccc(-c5ccc(-c6ccc7c8ccccc8n(-c8ccccc8)c7c6)cc5)cc43)NC(c3ccccc3)=N2)cc1. The van der Waals surface area contributed by atoms with Crippen LogP contribution in [0.5, 0.6) is 0 Å². The molecule has 0 saturated heterocycles. The topological polar surface area (TPSA) is 46.6 Å². The second-order valence-corrected chi connectivity index (χ2v) is 14.3. The van der Waals surface area contributed by atoms with Crippen molar-refractivity contribution >= 4 is 55.3 Å². The van der Waals surface area contributed by atoms with Gasteiger partial charge in [0.05, 0.1) is 22.1 Å². The summed E-state index contributed by atoms with van der Waals surface area (Å²) in [5, 5.41) is 8.59. The van der Waals surface area contributed by atoms with Crippen LogP contribution in [0.4, 0.5) is 0 Å². The lowest BCUT2D eigenvalue weighted by atomic mass is 9.98. The van der Waals surface area contributed by atoms with Crippen LogP contribution < -0.4 is 5.32 Å².